The predicted molar refractivity (Wildman–Crippen MR) is 116 cm³/mol. The summed E-state index contributed by atoms with van der Waals surface area (Å²) in [4.78, 5) is 37.8. The lowest BCUT2D eigenvalue weighted by molar-refractivity contribution is -0.384. The van der Waals surface area contributed by atoms with E-state index in [1.54, 1.807) is 54.6 Å². The van der Waals surface area contributed by atoms with Crippen molar-refractivity contribution in [1.82, 2.24) is 0 Å². The van der Waals surface area contributed by atoms with Crippen LogP contribution in [0.15, 0.2) is 84.4 Å². The van der Waals surface area contributed by atoms with Crippen molar-refractivity contribution in [2.75, 3.05) is 4.90 Å². The Morgan fingerprint density at radius 2 is 1.65 bits per heavy atom. The minimum atomic E-state index is -0.987. The van der Waals surface area contributed by atoms with E-state index in [1.165, 1.54) is 24.3 Å². The maximum Gasteiger partial charge on any atom is 0.300 e. The smallest absolute Gasteiger partial charge is 0.300 e. The third-order valence-corrected chi connectivity index (χ3v) is 5.25. The number of carbonyl (C=O) groups excluding carboxylic acids is 2. The second kappa shape index (κ2) is 8.04. The largest absolute Gasteiger partial charge is 0.507 e. The van der Waals surface area contributed by atoms with Crippen molar-refractivity contribution in [3.05, 3.63) is 111 Å². The van der Waals surface area contributed by atoms with Gasteiger partial charge in [0, 0.05) is 22.7 Å². The molecule has 0 radical (unpaired) electrons. The van der Waals surface area contributed by atoms with Crippen molar-refractivity contribution in [3.8, 4) is 0 Å². The zero-order chi connectivity index (χ0) is 22.1. The molecule has 1 aliphatic rings. The van der Waals surface area contributed by atoms with Gasteiger partial charge in [0.1, 0.15) is 5.76 Å². The lowest BCUT2D eigenvalue weighted by atomic mass is 9.95. The second-order valence-electron chi connectivity index (χ2n) is 6.86. The number of ketones is 1. The molecule has 154 valence electrons. The summed E-state index contributed by atoms with van der Waals surface area (Å²) in [7, 11) is 0. The fourth-order valence-corrected chi connectivity index (χ4v) is 3.69. The molecule has 1 fully saturated rings. The van der Waals surface area contributed by atoms with Crippen LogP contribution >= 0.6 is 11.6 Å². The highest BCUT2D eigenvalue weighted by atomic mass is 35.5. The highest BCUT2D eigenvalue weighted by molar-refractivity contribution is 6.51. The molecular weight excluding hydrogens is 420 g/mol. The molecule has 1 unspecified atom stereocenters. The maximum atomic E-state index is 13.0. The number of amides is 1. The number of rotatable bonds is 4. The first-order valence-corrected chi connectivity index (χ1v) is 9.62. The molecule has 0 aromatic heterocycles. The number of nitro benzene ring substituents is 1. The average molecular weight is 435 g/mol. The van der Waals surface area contributed by atoms with Crippen LogP contribution in [0.3, 0.4) is 0 Å². The molecule has 1 heterocycles. The van der Waals surface area contributed by atoms with Crippen LogP contribution < -0.4 is 4.90 Å². The van der Waals surface area contributed by atoms with Gasteiger partial charge in [0.05, 0.1) is 22.2 Å². The van der Waals surface area contributed by atoms with Crippen molar-refractivity contribution in [3.63, 3.8) is 0 Å². The lowest BCUT2D eigenvalue weighted by Gasteiger charge is -2.25. The molecule has 3 aromatic rings. The van der Waals surface area contributed by atoms with E-state index in [0.29, 0.717) is 16.1 Å². The van der Waals surface area contributed by atoms with Gasteiger partial charge in [-0.25, -0.2) is 0 Å². The Morgan fingerprint density at radius 3 is 2.29 bits per heavy atom. The molecule has 31 heavy (non-hydrogen) atoms. The lowest BCUT2D eigenvalue weighted by Crippen LogP contribution is -2.29. The number of aliphatic hydroxyl groups excluding tert-OH is 1. The Morgan fingerprint density at radius 1 is 0.968 bits per heavy atom. The van der Waals surface area contributed by atoms with Gasteiger partial charge in [-0.1, -0.05) is 60.1 Å². The first-order chi connectivity index (χ1) is 14.9. The summed E-state index contributed by atoms with van der Waals surface area (Å²) in [6.45, 7) is 0. The Kier molecular flexibility index (Phi) is 5.27. The Labute approximate surface area is 182 Å². The van der Waals surface area contributed by atoms with Crippen LogP contribution in [0.5, 0.6) is 0 Å². The number of aliphatic hydroxyl groups is 1. The summed E-state index contributed by atoms with van der Waals surface area (Å²) in [5, 5.41) is 22.6. The van der Waals surface area contributed by atoms with Crippen LogP contribution in [0.4, 0.5) is 11.4 Å². The maximum absolute atomic E-state index is 13.0. The number of nitro groups is 1. The van der Waals surface area contributed by atoms with Crippen LogP contribution in [-0.4, -0.2) is 21.7 Å². The molecule has 1 amide bonds. The van der Waals surface area contributed by atoms with Crippen molar-refractivity contribution in [2.24, 2.45) is 0 Å². The van der Waals surface area contributed by atoms with Crippen LogP contribution in [0.2, 0.25) is 5.02 Å². The van der Waals surface area contributed by atoms with Gasteiger partial charge in [-0.05, 0) is 23.8 Å². The van der Waals surface area contributed by atoms with Gasteiger partial charge in [-0.3, -0.25) is 24.6 Å². The molecule has 0 aliphatic carbocycles. The van der Waals surface area contributed by atoms with Gasteiger partial charge in [-0.15, -0.1) is 0 Å². The summed E-state index contributed by atoms with van der Waals surface area (Å²) in [6, 6.07) is 19.3. The molecule has 0 bridgehead atoms. The summed E-state index contributed by atoms with van der Waals surface area (Å²) in [6.07, 6.45) is 0. The van der Waals surface area contributed by atoms with Crippen LogP contribution in [0, 0.1) is 10.1 Å². The van der Waals surface area contributed by atoms with Gasteiger partial charge < -0.3 is 5.11 Å². The number of carbonyl (C=O) groups is 2. The number of hydrogen-bond acceptors (Lipinski definition) is 5. The number of nitrogens with zero attached hydrogens (tertiary/aromatic N) is 2. The van der Waals surface area contributed by atoms with Gasteiger partial charge in [-0.2, -0.15) is 0 Å². The molecule has 0 spiro atoms. The molecule has 1 saturated heterocycles. The quantitative estimate of drug-likeness (QED) is 0.207. The fourth-order valence-electron chi connectivity index (χ4n) is 3.57. The first kappa shape index (κ1) is 20.3. The van der Waals surface area contributed by atoms with E-state index in [-0.39, 0.29) is 22.7 Å². The first-order valence-electron chi connectivity index (χ1n) is 9.25. The van der Waals surface area contributed by atoms with E-state index >= 15 is 0 Å². The number of Topliss-reactive ketones (excluding diaryl/α,β-unsaturated/α-hetero) is 1. The third kappa shape index (κ3) is 3.67. The summed E-state index contributed by atoms with van der Waals surface area (Å²) >= 11 is 6.00. The zero-order valence-electron chi connectivity index (χ0n) is 15.9. The van der Waals surface area contributed by atoms with Crippen molar-refractivity contribution < 1.29 is 19.6 Å². The SMILES string of the molecule is O=C1C(=O)N(c2cccc([N+](=O)[O-])c2)C(c2ccc(Cl)cc2)C1=C(O)c1ccccc1. The molecule has 0 saturated carbocycles. The average Bonchev–Trinajstić information content (AvgIpc) is 3.05. The molecule has 4 rings (SSSR count). The van der Waals surface area contributed by atoms with E-state index in [4.69, 9.17) is 11.6 Å². The van der Waals surface area contributed by atoms with Crippen LogP contribution in [0.1, 0.15) is 17.2 Å². The highest BCUT2D eigenvalue weighted by Gasteiger charge is 2.47. The molecule has 7 nitrogen and oxygen atoms in total. The number of hydrogen-bond donors (Lipinski definition) is 1. The number of benzene rings is 3. The van der Waals surface area contributed by atoms with E-state index < -0.39 is 22.7 Å². The van der Waals surface area contributed by atoms with Gasteiger partial charge in [0.2, 0.25) is 0 Å². The highest BCUT2D eigenvalue weighted by Crippen LogP contribution is 2.42. The van der Waals surface area contributed by atoms with E-state index in [1.807, 2.05) is 0 Å². The normalized spacial score (nSPS) is 17.7. The Bertz CT molecular complexity index is 1220. The minimum Gasteiger partial charge on any atom is -0.507 e. The van der Waals surface area contributed by atoms with Gasteiger partial charge >= 0.3 is 0 Å². The molecule has 1 atom stereocenters. The van der Waals surface area contributed by atoms with E-state index in [9.17, 15) is 24.8 Å². The van der Waals surface area contributed by atoms with Crippen LogP contribution in [-0.2, 0) is 9.59 Å². The molecular formula is C23H15ClN2O5. The standard InChI is InChI=1S/C23H15ClN2O5/c24-16-11-9-14(10-12-16)20-19(21(27)15-5-2-1-3-6-15)22(28)23(29)25(20)17-7-4-8-18(13-17)26(30)31/h1-13,20,27H. The van der Waals surface area contributed by atoms with Crippen molar-refractivity contribution >= 4 is 40.4 Å². The fraction of sp³-hybridized carbons (Fsp3) is 0.0435. The van der Waals surface area contributed by atoms with Crippen molar-refractivity contribution in [1.29, 1.82) is 0 Å². The van der Waals surface area contributed by atoms with E-state index in [2.05, 4.69) is 0 Å². The number of non-ortho nitro benzene ring substituents is 1. The zero-order valence-corrected chi connectivity index (χ0v) is 16.7. The number of halogens is 1. The summed E-state index contributed by atoms with van der Waals surface area (Å²) in [5.74, 6) is -2.10. The molecule has 3 aromatic carbocycles. The second-order valence-corrected chi connectivity index (χ2v) is 7.30. The monoisotopic (exact) mass is 434 g/mol. The van der Waals surface area contributed by atoms with Gasteiger partial charge in [0.25, 0.3) is 17.4 Å². The molecule has 1 aliphatic heterocycles. The predicted octanol–water partition coefficient (Wildman–Crippen LogP) is 4.87. The molecule has 8 heteroatoms. The number of anilines is 1. The minimum absolute atomic E-state index is 0.106. The molecule has 1 N–H and O–H groups in total. The Hall–Kier alpha value is -3.97. The van der Waals surface area contributed by atoms with Crippen molar-refractivity contribution in [2.45, 2.75) is 6.04 Å². The van der Waals surface area contributed by atoms with Gasteiger partial charge in [0.15, 0.2) is 0 Å². The summed E-state index contributed by atoms with van der Waals surface area (Å²) in [5.41, 5.74) is 0.733. The summed E-state index contributed by atoms with van der Waals surface area (Å²) < 4.78 is 0. The third-order valence-electron chi connectivity index (χ3n) is 5.00. The topological polar surface area (TPSA) is 101 Å². The Balaban J connectivity index is 1.95. The van der Waals surface area contributed by atoms with E-state index in [0.717, 1.165) is 4.90 Å². The van der Waals surface area contributed by atoms with Crippen LogP contribution in [0.25, 0.3) is 5.76 Å².